The molecular formula is C23H43NO4. The van der Waals surface area contributed by atoms with Crippen LogP contribution in [0.2, 0.25) is 0 Å². The largest absolute Gasteiger partial charge is 0.481 e. The molecule has 0 spiro atoms. The summed E-state index contributed by atoms with van der Waals surface area (Å²) in [5.74, 6) is -0.697. The maximum absolute atomic E-state index is 11.2. The van der Waals surface area contributed by atoms with E-state index in [1.54, 1.807) is 0 Å². The summed E-state index contributed by atoms with van der Waals surface area (Å²) in [6.07, 6.45) is 21.8. The van der Waals surface area contributed by atoms with E-state index in [1.165, 1.54) is 57.8 Å². The number of carboxylic acid groups (broad SMARTS) is 1. The fraction of sp³-hybridized carbons (Fsp3) is 0.870. The van der Waals surface area contributed by atoms with E-state index in [0.29, 0.717) is 18.5 Å². The van der Waals surface area contributed by atoms with E-state index in [1.807, 2.05) is 6.08 Å². The number of carboxylic acids is 1. The number of allylic oxidation sites excluding steroid dienone is 2. The highest BCUT2D eigenvalue weighted by molar-refractivity contribution is 5.66. The molecule has 1 N–H and O–H groups in total. The molecule has 0 aliphatic carbocycles. The van der Waals surface area contributed by atoms with Crippen LogP contribution in [0.5, 0.6) is 0 Å². The highest BCUT2D eigenvalue weighted by Gasteiger charge is 2.09. The minimum atomic E-state index is -0.697. The Labute approximate surface area is 172 Å². The number of nitro groups is 1. The quantitative estimate of drug-likeness (QED) is 0.122. The molecule has 0 atom stereocenters. The second kappa shape index (κ2) is 20.3. The Bertz CT molecular complexity index is 421. The summed E-state index contributed by atoms with van der Waals surface area (Å²) in [5.41, 5.74) is 0.412. The van der Waals surface area contributed by atoms with Gasteiger partial charge in [0.15, 0.2) is 0 Å². The molecule has 0 saturated heterocycles. The number of carbonyl (C=O) groups is 1. The van der Waals surface area contributed by atoms with Gasteiger partial charge in [0.05, 0.1) is 4.92 Å². The van der Waals surface area contributed by atoms with Crippen molar-refractivity contribution in [2.45, 2.75) is 129 Å². The Morgan fingerprint density at radius 2 is 1.18 bits per heavy atom. The molecular weight excluding hydrogens is 354 g/mol. The molecule has 0 bridgehead atoms. The van der Waals surface area contributed by atoms with Crippen LogP contribution in [0.3, 0.4) is 0 Å². The van der Waals surface area contributed by atoms with Gasteiger partial charge in [-0.3, -0.25) is 14.9 Å². The highest BCUT2D eigenvalue weighted by atomic mass is 16.6. The van der Waals surface area contributed by atoms with Gasteiger partial charge in [-0.2, -0.15) is 0 Å². The molecule has 0 saturated carbocycles. The third kappa shape index (κ3) is 19.4. The number of rotatable bonds is 21. The average molecular weight is 398 g/mol. The van der Waals surface area contributed by atoms with Crippen molar-refractivity contribution in [2.75, 3.05) is 0 Å². The van der Waals surface area contributed by atoms with Gasteiger partial charge in [-0.05, 0) is 31.8 Å². The molecule has 0 rings (SSSR count). The summed E-state index contributed by atoms with van der Waals surface area (Å²) in [7, 11) is 0. The van der Waals surface area contributed by atoms with Crippen LogP contribution in [0.4, 0.5) is 0 Å². The van der Waals surface area contributed by atoms with Crippen LogP contribution in [0, 0.1) is 10.1 Å². The van der Waals surface area contributed by atoms with E-state index < -0.39 is 5.97 Å². The van der Waals surface area contributed by atoms with Crippen LogP contribution < -0.4 is 0 Å². The smallest absolute Gasteiger partial charge is 0.303 e. The van der Waals surface area contributed by atoms with Crippen molar-refractivity contribution in [3.05, 3.63) is 21.9 Å². The lowest BCUT2D eigenvalue weighted by Gasteiger charge is -2.03. The molecule has 0 aliphatic heterocycles. The number of aliphatic carboxylic acids is 1. The molecule has 0 aromatic rings. The first-order valence-electron chi connectivity index (χ1n) is 11.6. The van der Waals surface area contributed by atoms with E-state index in [-0.39, 0.29) is 4.92 Å². The van der Waals surface area contributed by atoms with Gasteiger partial charge < -0.3 is 5.11 Å². The molecule has 0 fully saturated rings. The van der Waals surface area contributed by atoms with Crippen molar-refractivity contribution in [3.8, 4) is 0 Å². The topological polar surface area (TPSA) is 80.4 Å². The molecule has 0 aliphatic rings. The first-order chi connectivity index (χ1) is 13.6. The SMILES string of the molecule is CCCCCCCCC=C(CCCCCCCCCCCCC(=O)O)[N+](=O)[O-]. The van der Waals surface area contributed by atoms with Gasteiger partial charge in [0.2, 0.25) is 5.70 Å². The van der Waals surface area contributed by atoms with E-state index in [2.05, 4.69) is 6.92 Å². The first kappa shape index (κ1) is 26.6. The fourth-order valence-corrected chi connectivity index (χ4v) is 3.46. The molecule has 0 unspecified atom stereocenters. The highest BCUT2D eigenvalue weighted by Crippen LogP contribution is 2.16. The summed E-state index contributed by atoms with van der Waals surface area (Å²) >= 11 is 0. The predicted molar refractivity (Wildman–Crippen MR) is 116 cm³/mol. The molecule has 0 aromatic carbocycles. The second-order valence-electron chi connectivity index (χ2n) is 7.94. The average Bonchev–Trinajstić information content (AvgIpc) is 2.65. The van der Waals surface area contributed by atoms with Crippen molar-refractivity contribution in [2.24, 2.45) is 0 Å². The first-order valence-corrected chi connectivity index (χ1v) is 11.6. The minimum absolute atomic E-state index is 0.193. The van der Waals surface area contributed by atoms with Gasteiger partial charge in [0.1, 0.15) is 0 Å². The van der Waals surface area contributed by atoms with Gasteiger partial charge in [-0.1, -0.05) is 90.4 Å². The normalized spacial score (nSPS) is 11.7. The van der Waals surface area contributed by atoms with Crippen molar-refractivity contribution in [3.63, 3.8) is 0 Å². The molecule has 164 valence electrons. The van der Waals surface area contributed by atoms with Crippen molar-refractivity contribution < 1.29 is 14.8 Å². The van der Waals surface area contributed by atoms with E-state index in [9.17, 15) is 14.9 Å². The summed E-state index contributed by atoms with van der Waals surface area (Å²) in [5, 5.41) is 19.7. The van der Waals surface area contributed by atoms with E-state index in [0.717, 1.165) is 51.4 Å². The maximum Gasteiger partial charge on any atom is 0.303 e. The zero-order valence-corrected chi connectivity index (χ0v) is 18.1. The maximum atomic E-state index is 11.2. The second-order valence-corrected chi connectivity index (χ2v) is 7.94. The van der Waals surface area contributed by atoms with E-state index >= 15 is 0 Å². The Morgan fingerprint density at radius 3 is 1.64 bits per heavy atom. The van der Waals surface area contributed by atoms with Crippen LogP contribution in [0.15, 0.2) is 11.8 Å². The fourth-order valence-electron chi connectivity index (χ4n) is 3.46. The van der Waals surface area contributed by atoms with Crippen molar-refractivity contribution in [1.29, 1.82) is 0 Å². The molecule has 0 amide bonds. The Balaban J connectivity index is 3.54. The van der Waals surface area contributed by atoms with Gasteiger partial charge in [0.25, 0.3) is 0 Å². The number of unbranched alkanes of at least 4 members (excludes halogenated alkanes) is 15. The van der Waals surface area contributed by atoms with Crippen LogP contribution >= 0.6 is 0 Å². The third-order valence-corrected chi connectivity index (χ3v) is 5.25. The summed E-state index contributed by atoms with van der Waals surface area (Å²) in [6, 6.07) is 0. The van der Waals surface area contributed by atoms with Gasteiger partial charge >= 0.3 is 5.97 Å². The summed E-state index contributed by atoms with van der Waals surface area (Å²) < 4.78 is 0. The van der Waals surface area contributed by atoms with Crippen LogP contribution in [-0.4, -0.2) is 16.0 Å². The molecule has 28 heavy (non-hydrogen) atoms. The zero-order chi connectivity index (χ0) is 20.9. The van der Waals surface area contributed by atoms with Gasteiger partial charge in [-0.15, -0.1) is 0 Å². The monoisotopic (exact) mass is 397 g/mol. The Morgan fingerprint density at radius 1 is 0.750 bits per heavy atom. The van der Waals surface area contributed by atoms with Gasteiger partial charge in [0, 0.05) is 12.8 Å². The lowest BCUT2D eigenvalue weighted by molar-refractivity contribution is -0.428. The standard InChI is InChI=1S/C23H43NO4/c1-2-3-4-5-10-13-16-19-22(24(27)28)20-17-14-11-8-6-7-9-12-15-18-21-23(25)26/h19H,2-18,20-21H2,1H3,(H,25,26). The summed E-state index contributed by atoms with van der Waals surface area (Å²) in [6.45, 7) is 2.21. The van der Waals surface area contributed by atoms with E-state index in [4.69, 9.17) is 5.11 Å². The molecule has 0 heterocycles. The van der Waals surface area contributed by atoms with Crippen molar-refractivity contribution >= 4 is 5.97 Å². The van der Waals surface area contributed by atoms with Crippen LogP contribution in [0.1, 0.15) is 129 Å². The number of nitrogens with zero attached hydrogens (tertiary/aromatic N) is 1. The lowest BCUT2D eigenvalue weighted by atomic mass is 10.0. The minimum Gasteiger partial charge on any atom is -0.481 e. The Kier molecular flexibility index (Phi) is 19.3. The predicted octanol–water partition coefficient (Wildman–Crippen LogP) is 7.66. The molecule has 0 aromatic heterocycles. The third-order valence-electron chi connectivity index (χ3n) is 5.25. The lowest BCUT2D eigenvalue weighted by Crippen LogP contribution is -1.99. The van der Waals surface area contributed by atoms with Crippen LogP contribution in [0.25, 0.3) is 0 Å². The molecule has 5 heteroatoms. The Hall–Kier alpha value is -1.39. The van der Waals surface area contributed by atoms with Crippen molar-refractivity contribution in [1.82, 2.24) is 0 Å². The number of hydrogen-bond donors (Lipinski definition) is 1. The number of hydrogen-bond acceptors (Lipinski definition) is 3. The zero-order valence-electron chi connectivity index (χ0n) is 18.1. The van der Waals surface area contributed by atoms with Crippen LogP contribution in [-0.2, 0) is 4.79 Å². The summed E-state index contributed by atoms with van der Waals surface area (Å²) in [4.78, 5) is 21.4. The molecule has 5 nitrogen and oxygen atoms in total. The van der Waals surface area contributed by atoms with Gasteiger partial charge in [-0.25, -0.2) is 0 Å². The molecule has 0 radical (unpaired) electrons.